The van der Waals surface area contributed by atoms with Crippen molar-refractivity contribution in [3.63, 3.8) is 0 Å². The van der Waals surface area contributed by atoms with Crippen LogP contribution in [0, 0.1) is 5.92 Å². The van der Waals surface area contributed by atoms with Crippen molar-refractivity contribution in [2.24, 2.45) is 5.92 Å². The number of rotatable bonds is 3. The molecule has 1 fully saturated rings. The molecule has 5 heteroatoms. The van der Waals surface area contributed by atoms with E-state index in [0.717, 1.165) is 25.1 Å². The van der Waals surface area contributed by atoms with Gasteiger partial charge in [0.1, 0.15) is 0 Å². The number of benzene rings is 1. The van der Waals surface area contributed by atoms with Crippen molar-refractivity contribution in [1.82, 2.24) is 0 Å². The van der Waals surface area contributed by atoms with E-state index in [1.54, 1.807) is 12.1 Å². The quantitative estimate of drug-likeness (QED) is 0.864. The van der Waals surface area contributed by atoms with Crippen LogP contribution in [0.25, 0.3) is 0 Å². The van der Waals surface area contributed by atoms with E-state index in [1.165, 1.54) is 6.26 Å². The monoisotopic (exact) mass is 282 g/mol. The van der Waals surface area contributed by atoms with E-state index in [0.29, 0.717) is 17.6 Å². The van der Waals surface area contributed by atoms with E-state index in [-0.39, 0.29) is 4.90 Å². The molecular formula is C14H22N2O2S. The number of hydrogen-bond donors (Lipinski definition) is 1. The highest BCUT2D eigenvalue weighted by Gasteiger charge is 2.29. The minimum atomic E-state index is -3.27. The summed E-state index contributed by atoms with van der Waals surface area (Å²) in [6.45, 7) is 5.33. The molecule has 1 aromatic rings. The summed E-state index contributed by atoms with van der Waals surface area (Å²) < 4.78 is 23.5. The predicted molar refractivity (Wildman–Crippen MR) is 79.2 cm³/mol. The molecule has 1 aliphatic heterocycles. The number of anilines is 2. The van der Waals surface area contributed by atoms with Gasteiger partial charge in [0.2, 0.25) is 0 Å². The van der Waals surface area contributed by atoms with E-state index in [2.05, 4.69) is 18.7 Å². The minimum absolute atomic E-state index is 0.236. The second kappa shape index (κ2) is 5.04. The zero-order chi connectivity index (χ0) is 14.2. The Balaban J connectivity index is 2.46. The fourth-order valence-electron chi connectivity index (χ4n) is 2.89. The van der Waals surface area contributed by atoms with Gasteiger partial charge in [0.15, 0.2) is 9.84 Å². The summed E-state index contributed by atoms with van der Waals surface area (Å²) in [5, 5.41) is 0. The van der Waals surface area contributed by atoms with Gasteiger partial charge < -0.3 is 10.6 Å². The first-order valence-electron chi connectivity index (χ1n) is 6.67. The molecule has 0 spiro atoms. The van der Waals surface area contributed by atoms with Crippen LogP contribution in [0.3, 0.4) is 0 Å². The summed E-state index contributed by atoms with van der Waals surface area (Å²) >= 11 is 0. The smallest absolute Gasteiger partial charge is 0.177 e. The molecule has 4 nitrogen and oxygen atoms in total. The second-order valence-corrected chi connectivity index (χ2v) is 7.59. The summed E-state index contributed by atoms with van der Waals surface area (Å²) in [4.78, 5) is 2.49. The van der Waals surface area contributed by atoms with Gasteiger partial charge in [-0.1, -0.05) is 19.9 Å². The van der Waals surface area contributed by atoms with Gasteiger partial charge in [-0.05, 0) is 30.9 Å². The van der Waals surface area contributed by atoms with Crippen LogP contribution in [-0.4, -0.2) is 27.3 Å². The van der Waals surface area contributed by atoms with Crippen molar-refractivity contribution in [3.8, 4) is 0 Å². The SMILES string of the molecule is CC(C)C1CCCN1c1cccc(S(C)(=O)=O)c1N. The summed E-state index contributed by atoms with van der Waals surface area (Å²) in [6, 6.07) is 5.72. The summed E-state index contributed by atoms with van der Waals surface area (Å²) in [5.74, 6) is 0.531. The van der Waals surface area contributed by atoms with E-state index in [1.807, 2.05) is 6.07 Å². The summed E-state index contributed by atoms with van der Waals surface area (Å²) in [5.41, 5.74) is 7.34. The van der Waals surface area contributed by atoms with Crippen molar-refractivity contribution in [2.45, 2.75) is 37.6 Å². The molecule has 0 radical (unpaired) electrons. The molecule has 0 bridgehead atoms. The maximum atomic E-state index is 11.7. The molecule has 106 valence electrons. The molecule has 1 aliphatic rings. The number of para-hydroxylation sites is 1. The maximum Gasteiger partial charge on any atom is 0.177 e. The third-order valence-corrected chi connectivity index (χ3v) is 4.98. The topological polar surface area (TPSA) is 63.4 Å². The second-order valence-electron chi connectivity index (χ2n) is 5.61. The van der Waals surface area contributed by atoms with Crippen LogP contribution < -0.4 is 10.6 Å². The Morgan fingerprint density at radius 3 is 2.63 bits per heavy atom. The molecule has 1 saturated heterocycles. The number of sulfone groups is 1. The van der Waals surface area contributed by atoms with Gasteiger partial charge in [0.25, 0.3) is 0 Å². The summed E-state index contributed by atoms with van der Waals surface area (Å²) in [6.07, 6.45) is 3.47. The molecule has 1 aromatic carbocycles. The van der Waals surface area contributed by atoms with E-state index in [9.17, 15) is 8.42 Å². The van der Waals surface area contributed by atoms with Gasteiger partial charge in [-0.15, -0.1) is 0 Å². The minimum Gasteiger partial charge on any atom is -0.396 e. The zero-order valence-corrected chi connectivity index (χ0v) is 12.6. The Hall–Kier alpha value is -1.23. The number of nitrogens with two attached hydrogens (primary N) is 1. The Kier molecular flexibility index (Phi) is 3.76. The van der Waals surface area contributed by atoms with Crippen molar-refractivity contribution >= 4 is 21.2 Å². The van der Waals surface area contributed by atoms with Crippen LogP contribution >= 0.6 is 0 Å². The van der Waals surface area contributed by atoms with Crippen LogP contribution in [-0.2, 0) is 9.84 Å². The average molecular weight is 282 g/mol. The van der Waals surface area contributed by atoms with Crippen LogP contribution in [0.2, 0.25) is 0 Å². The third kappa shape index (κ3) is 2.71. The molecular weight excluding hydrogens is 260 g/mol. The van der Waals surface area contributed by atoms with E-state index in [4.69, 9.17) is 5.73 Å². The first kappa shape index (κ1) is 14.2. The maximum absolute atomic E-state index is 11.7. The first-order chi connectivity index (χ1) is 8.82. The summed E-state index contributed by atoms with van der Waals surface area (Å²) in [7, 11) is -3.27. The molecule has 1 unspecified atom stereocenters. The molecule has 1 atom stereocenters. The molecule has 1 heterocycles. The normalized spacial score (nSPS) is 20.2. The first-order valence-corrected chi connectivity index (χ1v) is 8.56. The van der Waals surface area contributed by atoms with Crippen LogP contribution in [0.4, 0.5) is 11.4 Å². The lowest BCUT2D eigenvalue weighted by Crippen LogP contribution is -2.34. The van der Waals surface area contributed by atoms with Gasteiger partial charge in [-0.3, -0.25) is 0 Å². The predicted octanol–water partition coefficient (Wildman–Crippen LogP) is 2.30. The van der Waals surface area contributed by atoms with E-state index >= 15 is 0 Å². The van der Waals surface area contributed by atoms with Crippen LogP contribution in [0.15, 0.2) is 23.1 Å². The number of nitrogen functional groups attached to an aromatic ring is 1. The Morgan fingerprint density at radius 2 is 2.05 bits per heavy atom. The van der Waals surface area contributed by atoms with Gasteiger partial charge in [-0.25, -0.2) is 8.42 Å². The fraction of sp³-hybridized carbons (Fsp3) is 0.571. The highest BCUT2D eigenvalue weighted by atomic mass is 32.2. The van der Waals surface area contributed by atoms with Crippen molar-refractivity contribution in [2.75, 3.05) is 23.4 Å². The lowest BCUT2D eigenvalue weighted by Gasteiger charge is -2.31. The third-order valence-electron chi connectivity index (χ3n) is 3.82. The van der Waals surface area contributed by atoms with Crippen molar-refractivity contribution in [3.05, 3.63) is 18.2 Å². The molecule has 0 aliphatic carbocycles. The number of hydrogen-bond acceptors (Lipinski definition) is 4. The zero-order valence-electron chi connectivity index (χ0n) is 11.8. The van der Waals surface area contributed by atoms with Gasteiger partial charge in [0, 0.05) is 18.8 Å². The van der Waals surface area contributed by atoms with Crippen molar-refractivity contribution in [1.29, 1.82) is 0 Å². The standard InChI is InChI=1S/C14H22N2O2S/c1-10(2)11-7-5-9-16(11)12-6-4-8-13(14(12)15)19(3,17)18/h4,6,8,10-11H,5,7,9,15H2,1-3H3. The van der Waals surface area contributed by atoms with Crippen LogP contribution in [0.1, 0.15) is 26.7 Å². The number of nitrogens with zero attached hydrogens (tertiary/aromatic N) is 1. The van der Waals surface area contributed by atoms with Crippen LogP contribution in [0.5, 0.6) is 0 Å². The molecule has 0 amide bonds. The molecule has 0 saturated carbocycles. The van der Waals surface area contributed by atoms with Crippen molar-refractivity contribution < 1.29 is 8.42 Å². The van der Waals surface area contributed by atoms with Gasteiger partial charge in [0.05, 0.1) is 16.3 Å². The Labute approximate surface area is 115 Å². The molecule has 19 heavy (non-hydrogen) atoms. The molecule has 2 rings (SSSR count). The van der Waals surface area contributed by atoms with E-state index < -0.39 is 9.84 Å². The van der Waals surface area contributed by atoms with Gasteiger partial charge in [-0.2, -0.15) is 0 Å². The average Bonchev–Trinajstić information content (AvgIpc) is 2.76. The largest absolute Gasteiger partial charge is 0.396 e. The highest BCUT2D eigenvalue weighted by Crippen LogP contribution is 2.36. The van der Waals surface area contributed by atoms with Gasteiger partial charge >= 0.3 is 0 Å². The lowest BCUT2D eigenvalue weighted by atomic mass is 10.0. The highest BCUT2D eigenvalue weighted by molar-refractivity contribution is 7.90. The molecule has 2 N–H and O–H groups in total. The Bertz CT molecular complexity index is 567. The fourth-order valence-corrected chi connectivity index (χ4v) is 3.72. The molecule has 0 aromatic heterocycles. The lowest BCUT2D eigenvalue weighted by molar-refractivity contribution is 0.492. The Morgan fingerprint density at radius 1 is 1.37 bits per heavy atom.